The van der Waals surface area contributed by atoms with Crippen molar-refractivity contribution in [1.82, 2.24) is 5.32 Å². The molecule has 0 saturated heterocycles. The van der Waals surface area contributed by atoms with Gasteiger partial charge in [0.2, 0.25) is 5.91 Å². The number of nitrogens with one attached hydrogen (secondary N) is 1. The van der Waals surface area contributed by atoms with Gasteiger partial charge in [-0.3, -0.25) is 18.6 Å². The van der Waals surface area contributed by atoms with Crippen LogP contribution in [0.15, 0.2) is 85.1 Å². The number of rotatable bonds is 56. The zero-order valence-electron chi connectivity index (χ0n) is 50.2. The molecule has 10 heteroatoms. The lowest BCUT2D eigenvalue weighted by Gasteiger charge is -2.27. The molecule has 1 amide bonds. The number of ether oxygens (including phenoxy) is 1. The van der Waals surface area contributed by atoms with Gasteiger partial charge in [0.1, 0.15) is 19.3 Å². The summed E-state index contributed by atoms with van der Waals surface area (Å²) in [5, 5.41) is 3.05. The number of carbonyl (C=O) groups excluding carboxylic acids is 2. The van der Waals surface area contributed by atoms with Crippen LogP contribution in [0.2, 0.25) is 0 Å². The van der Waals surface area contributed by atoms with E-state index in [1.807, 2.05) is 33.3 Å². The van der Waals surface area contributed by atoms with E-state index < -0.39 is 20.0 Å². The molecule has 0 saturated carbocycles. The largest absolute Gasteiger partial charge is 0.472 e. The molecule has 0 aromatic carbocycles. The van der Waals surface area contributed by atoms with Crippen LogP contribution in [0.3, 0.4) is 0 Å². The number of allylic oxidation sites excluding steroid dienone is 13. The first-order valence-corrected chi connectivity index (χ1v) is 32.9. The molecule has 0 aliphatic carbocycles. The summed E-state index contributed by atoms with van der Waals surface area (Å²) in [4.78, 5) is 37.7. The number of quaternary nitrogens is 1. The lowest BCUT2D eigenvalue weighted by atomic mass is 10.0. The first-order chi connectivity index (χ1) is 36.9. The van der Waals surface area contributed by atoms with Gasteiger partial charge in [-0.2, -0.15) is 0 Å². The van der Waals surface area contributed by atoms with Gasteiger partial charge in [0, 0.05) is 12.8 Å². The smallest absolute Gasteiger partial charge is 0.456 e. The zero-order valence-corrected chi connectivity index (χ0v) is 51.1. The van der Waals surface area contributed by atoms with Crippen LogP contribution in [-0.2, 0) is 27.9 Å². The summed E-state index contributed by atoms with van der Waals surface area (Å²) >= 11 is 0. The quantitative estimate of drug-likeness (QED) is 0.0205. The Morgan fingerprint density at radius 3 is 1.28 bits per heavy atom. The first-order valence-electron chi connectivity index (χ1n) is 31.4. The maximum absolute atomic E-state index is 13.5. The third-order valence-electron chi connectivity index (χ3n) is 13.6. The van der Waals surface area contributed by atoms with Crippen molar-refractivity contribution < 1.29 is 37.3 Å². The fourth-order valence-corrected chi connectivity index (χ4v) is 9.50. The van der Waals surface area contributed by atoms with Crippen LogP contribution in [-0.4, -0.2) is 74.3 Å². The van der Waals surface area contributed by atoms with Gasteiger partial charge >= 0.3 is 13.8 Å². The lowest BCUT2D eigenvalue weighted by Crippen LogP contribution is -2.47. The summed E-state index contributed by atoms with van der Waals surface area (Å²) in [6.45, 7) is 6.88. The fraction of sp³-hybridized carbons (Fsp3) is 0.758. The molecule has 0 heterocycles. The highest BCUT2D eigenvalue weighted by Crippen LogP contribution is 2.43. The molecular weight excluding hydrogens is 964 g/mol. The molecular formula is C66H120N2O7P+. The highest BCUT2D eigenvalue weighted by atomic mass is 31.2. The first kappa shape index (κ1) is 73.2. The van der Waals surface area contributed by atoms with Crippen LogP contribution >= 0.6 is 7.82 Å². The SMILES string of the molecule is CC/C=C\C/C=C\C/C=C\C/C=C\C/C=C\C/C=C\CCCCC(=O)OC(/C=C/CCCCCCCCCCCC)C(COP(=O)(O)OCC[N+](C)(C)C)NC(=O)CCCCCCCCCCCCCCCCCCC. The molecule has 0 aromatic heterocycles. The number of phosphoric acid groups is 1. The summed E-state index contributed by atoms with van der Waals surface area (Å²) in [6.07, 6.45) is 73.0. The van der Waals surface area contributed by atoms with E-state index in [4.69, 9.17) is 13.8 Å². The number of hydrogen-bond acceptors (Lipinski definition) is 6. The number of carbonyl (C=O) groups is 2. The summed E-state index contributed by atoms with van der Waals surface area (Å²) in [5.41, 5.74) is 0. The minimum atomic E-state index is -4.46. The van der Waals surface area contributed by atoms with Gasteiger partial charge in [0.15, 0.2) is 0 Å². The highest BCUT2D eigenvalue weighted by molar-refractivity contribution is 7.47. The Labute approximate surface area is 469 Å². The van der Waals surface area contributed by atoms with Gasteiger partial charge < -0.3 is 19.4 Å². The Morgan fingerprint density at radius 2 is 0.842 bits per heavy atom. The molecule has 440 valence electrons. The Morgan fingerprint density at radius 1 is 0.474 bits per heavy atom. The number of amides is 1. The summed E-state index contributed by atoms with van der Waals surface area (Å²) in [6, 6.07) is -0.868. The van der Waals surface area contributed by atoms with Crippen LogP contribution in [0.5, 0.6) is 0 Å². The van der Waals surface area contributed by atoms with Crippen molar-refractivity contribution in [2.24, 2.45) is 0 Å². The van der Waals surface area contributed by atoms with Crippen molar-refractivity contribution in [3.63, 3.8) is 0 Å². The average molecular weight is 1080 g/mol. The van der Waals surface area contributed by atoms with Gasteiger partial charge in [0.05, 0.1) is 33.8 Å². The number of nitrogens with zero attached hydrogens (tertiary/aromatic N) is 1. The van der Waals surface area contributed by atoms with Gasteiger partial charge in [-0.15, -0.1) is 0 Å². The third-order valence-corrected chi connectivity index (χ3v) is 14.6. The van der Waals surface area contributed by atoms with Crippen molar-refractivity contribution in [3.05, 3.63) is 85.1 Å². The van der Waals surface area contributed by atoms with Gasteiger partial charge in [-0.25, -0.2) is 4.57 Å². The Balaban J connectivity index is 5.32. The summed E-state index contributed by atoms with van der Waals surface area (Å²) < 4.78 is 30.7. The maximum Gasteiger partial charge on any atom is 0.472 e. The van der Waals surface area contributed by atoms with Crippen molar-refractivity contribution in [2.75, 3.05) is 40.9 Å². The van der Waals surface area contributed by atoms with Crippen LogP contribution in [0, 0.1) is 0 Å². The van der Waals surface area contributed by atoms with E-state index >= 15 is 0 Å². The minimum Gasteiger partial charge on any atom is -0.456 e. The van der Waals surface area contributed by atoms with Crippen molar-refractivity contribution >= 4 is 19.7 Å². The molecule has 0 fully saturated rings. The standard InChI is InChI=1S/C66H119N2O7P/c1-7-10-13-16-19-22-25-28-30-32-33-34-35-37-39-41-44-47-50-53-56-59-66(70)75-64(57-54-51-48-45-42-27-24-21-18-15-12-9-3)63(62-74-76(71,72)73-61-60-68(4,5)6)67-65(69)58-55-52-49-46-43-40-38-36-31-29-26-23-20-17-14-11-8-2/h10,13,19,22,28,30,33-34,37,39,44,47,54,57,63-64H,7-9,11-12,14-18,20-21,23-27,29,31-32,35-36,38,40-43,45-46,48-53,55-56,58-62H2,1-6H3,(H-,67,69,71,72)/p+1/b13-10-,22-19-,30-28-,34-33-,39-37-,47-44-,57-54+. The molecule has 76 heavy (non-hydrogen) atoms. The van der Waals surface area contributed by atoms with E-state index in [9.17, 15) is 19.0 Å². The van der Waals surface area contributed by atoms with Crippen molar-refractivity contribution in [2.45, 2.75) is 283 Å². The molecule has 0 spiro atoms. The maximum atomic E-state index is 13.5. The molecule has 0 radical (unpaired) electrons. The summed E-state index contributed by atoms with van der Waals surface area (Å²) in [7, 11) is 1.47. The van der Waals surface area contributed by atoms with Crippen molar-refractivity contribution in [3.8, 4) is 0 Å². The third kappa shape index (κ3) is 55.9. The molecule has 0 aromatic rings. The summed E-state index contributed by atoms with van der Waals surface area (Å²) in [5.74, 6) is -0.552. The number of phosphoric ester groups is 1. The Hall–Kier alpha value is -2.81. The van der Waals surface area contributed by atoms with E-state index in [2.05, 4.69) is 99.0 Å². The molecule has 0 aliphatic heterocycles. The second-order valence-electron chi connectivity index (χ2n) is 22.2. The van der Waals surface area contributed by atoms with Gasteiger partial charge in [0.25, 0.3) is 0 Å². The van der Waals surface area contributed by atoms with Crippen LogP contribution in [0.25, 0.3) is 0 Å². The number of hydrogen-bond donors (Lipinski definition) is 2. The highest BCUT2D eigenvalue weighted by Gasteiger charge is 2.30. The van der Waals surface area contributed by atoms with Gasteiger partial charge in [-0.1, -0.05) is 260 Å². The van der Waals surface area contributed by atoms with Crippen molar-refractivity contribution in [1.29, 1.82) is 0 Å². The van der Waals surface area contributed by atoms with E-state index in [0.717, 1.165) is 89.9 Å². The lowest BCUT2D eigenvalue weighted by molar-refractivity contribution is -0.870. The fourth-order valence-electron chi connectivity index (χ4n) is 8.77. The number of unbranched alkanes of at least 4 members (excludes halogenated alkanes) is 28. The number of likely N-dealkylation sites (N-methyl/N-ethyl adjacent to an activating group) is 1. The van der Waals surface area contributed by atoms with E-state index in [-0.39, 0.29) is 31.5 Å². The van der Waals surface area contributed by atoms with Crippen LogP contribution < -0.4 is 5.32 Å². The monoisotopic (exact) mass is 1080 g/mol. The predicted octanol–water partition coefficient (Wildman–Crippen LogP) is 19.4. The predicted molar refractivity (Wildman–Crippen MR) is 328 cm³/mol. The van der Waals surface area contributed by atoms with E-state index in [0.29, 0.717) is 23.9 Å². The van der Waals surface area contributed by atoms with E-state index in [1.165, 1.54) is 141 Å². The average Bonchev–Trinajstić information content (AvgIpc) is 3.38. The van der Waals surface area contributed by atoms with Crippen LogP contribution in [0.1, 0.15) is 271 Å². The Bertz CT molecular complexity index is 1580. The normalized spacial score (nSPS) is 14.2. The molecule has 0 rings (SSSR count). The molecule has 3 unspecified atom stereocenters. The topological polar surface area (TPSA) is 111 Å². The minimum absolute atomic E-state index is 0.0311. The van der Waals surface area contributed by atoms with Crippen LogP contribution in [0.4, 0.5) is 0 Å². The molecule has 2 N–H and O–H groups in total. The molecule has 0 bridgehead atoms. The zero-order chi connectivity index (χ0) is 55.7. The number of esters is 1. The molecule has 0 aliphatic rings. The van der Waals surface area contributed by atoms with Gasteiger partial charge in [-0.05, 0) is 83.1 Å². The second-order valence-corrected chi connectivity index (χ2v) is 23.7. The Kier molecular flexibility index (Phi) is 53.5. The van der Waals surface area contributed by atoms with E-state index in [1.54, 1.807) is 0 Å². The molecule has 9 nitrogen and oxygen atoms in total. The second kappa shape index (κ2) is 55.5. The molecule has 3 atom stereocenters.